The van der Waals surface area contributed by atoms with Crippen LogP contribution in [0.25, 0.3) is 0 Å². The van der Waals surface area contributed by atoms with Crippen molar-refractivity contribution in [1.29, 1.82) is 0 Å². The molecule has 0 saturated heterocycles. The van der Waals surface area contributed by atoms with Crippen LogP contribution in [0.15, 0.2) is 12.8 Å². The second-order valence-electron chi connectivity index (χ2n) is 2.29. The summed E-state index contributed by atoms with van der Waals surface area (Å²) in [7, 11) is 1.70. The van der Waals surface area contributed by atoms with Crippen LogP contribution in [0.4, 0.5) is 23.3 Å². The van der Waals surface area contributed by atoms with Gasteiger partial charge in [-0.25, -0.2) is 0 Å². The smallest absolute Gasteiger partial charge is 0.224 e. The normalized spacial score (nSPS) is 9.31. The van der Waals surface area contributed by atoms with E-state index in [1.54, 1.807) is 7.05 Å². The zero-order valence-corrected chi connectivity index (χ0v) is 7.33. The molecule has 0 aliphatic carbocycles. The first-order valence-corrected chi connectivity index (χ1v) is 3.67. The second-order valence-corrected chi connectivity index (χ2v) is 2.29. The predicted molar refractivity (Wildman–Crippen MR) is 54.2 cm³/mol. The van der Waals surface area contributed by atoms with Crippen molar-refractivity contribution in [2.24, 2.45) is 0 Å². The summed E-state index contributed by atoms with van der Waals surface area (Å²) in [5, 5.41) is 5.56. The summed E-state index contributed by atoms with van der Waals surface area (Å²) in [6.07, 6.45) is 1.47. The van der Waals surface area contributed by atoms with Crippen molar-refractivity contribution < 1.29 is 0 Å². The molecule has 0 amide bonds. The Bertz CT molecular complexity index is 321. The maximum absolute atomic E-state index is 5.70. The molecule has 6 N–H and O–H groups in total. The molecule has 0 radical (unpaired) electrons. The van der Waals surface area contributed by atoms with E-state index < -0.39 is 0 Å². The third kappa shape index (κ3) is 1.78. The third-order valence-corrected chi connectivity index (χ3v) is 1.44. The van der Waals surface area contributed by atoms with Gasteiger partial charge in [0.25, 0.3) is 0 Å². The lowest BCUT2D eigenvalue weighted by Gasteiger charge is -2.08. The van der Waals surface area contributed by atoms with E-state index in [-0.39, 0.29) is 5.95 Å². The minimum atomic E-state index is 0.155. The van der Waals surface area contributed by atoms with Crippen LogP contribution in [-0.2, 0) is 0 Å². The molecule has 6 nitrogen and oxygen atoms in total. The first-order valence-electron chi connectivity index (χ1n) is 3.67. The number of rotatable bonds is 3. The van der Waals surface area contributed by atoms with E-state index >= 15 is 0 Å². The van der Waals surface area contributed by atoms with Crippen molar-refractivity contribution in [2.45, 2.75) is 0 Å². The zero-order valence-electron chi connectivity index (χ0n) is 7.33. The van der Waals surface area contributed by atoms with Gasteiger partial charge in [0.15, 0.2) is 11.6 Å². The fourth-order valence-corrected chi connectivity index (χ4v) is 0.884. The fourth-order valence-electron chi connectivity index (χ4n) is 0.884. The van der Waals surface area contributed by atoms with Crippen molar-refractivity contribution >= 4 is 23.3 Å². The van der Waals surface area contributed by atoms with Crippen molar-refractivity contribution in [3.8, 4) is 0 Å². The van der Waals surface area contributed by atoms with Gasteiger partial charge in [-0.1, -0.05) is 6.58 Å². The summed E-state index contributed by atoms with van der Waals surface area (Å²) >= 11 is 0. The highest BCUT2D eigenvalue weighted by Crippen LogP contribution is 2.23. The quantitative estimate of drug-likeness (QED) is 0.531. The van der Waals surface area contributed by atoms with Crippen LogP contribution in [0.5, 0.6) is 0 Å². The predicted octanol–water partition coefficient (Wildman–Crippen LogP) is 0.238. The Kier molecular flexibility index (Phi) is 2.53. The number of aromatic nitrogens is 2. The van der Waals surface area contributed by atoms with Gasteiger partial charge in [0, 0.05) is 7.05 Å². The van der Waals surface area contributed by atoms with Crippen LogP contribution in [0.3, 0.4) is 0 Å². The number of anilines is 4. The molecule has 0 aliphatic heterocycles. The van der Waals surface area contributed by atoms with Crippen LogP contribution in [-0.4, -0.2) is 17.0 Å². The molecule has 0 atom stereocenters. The molecule has 6 heteroatoms. The molecule has 1 heterocycles. The van der Waals surface area contributed by atoms with Gasteiger partial charge in [-0.2, -0.15) is 9.97 Å². The maximum atomic E-state index is 5.70. The van der Waals surface area contributed by atoms with Gasteiger partial charge in [-0.15, -0.1) is 0 Å². The number of nitrogens with zero attached hydrogens (tertiary/aromatic N) is 2. The molecule has 1 aromatic heterocycles. The Morgan fingerprint density at radius 1 is 1.31 bits per heavy atom. The van der Waals surface area contributed by atoms with Gasteiger partial charge < -0.3 is 22.1 Å². The van der Waals surface area contributed by atoms with E-state index in [0.717, 1.165) is 0 Å². The summed E-state index contributed by atoms with van der Waals surface area (Å²) in [5.41, 5.74) is 11.6. The summed E-state index contributed by atoms with van der Waals surface area (Å²) in [5.74, 6) is 1.10. The van der Waals surface area contributed by atoms with Crippen LogP contribution >= 0.6 is 0 Å². The number of nitrogens with two attached hydrogens (primary N) is 2. The third-order valence-electron chi connectivity index (χ3n) is 1.44. The summed E-state index contributed by atoms with van der Waals surface area (Å²) in [4.78, 5) is 7.78. The SMILES string of the molecule is C=CNc1nc(N)nc(NC)c1N. The van der Waals surface area contributed by atoms with Gasteiger partial charge in [-0.3, -0.25) is 0 Å². The average molecular weight is 180 g/mol. The van der Waals surface area contributed by atoms with E-state index in [9.17, 15) is 0 Å². The molecule has 0 spiro atoms. The van der Waals surface area contributed by atoms with E-state index in [0.29, 0.717) is 17.3 Å². The Morgan fingerprint density at radius 3 is 2.46 bits per heavy atom. The summed E-state index contributed by atoms with van der Waals surface area (Å²) < 4.78 is 0. The van der Waals surface area contributed by atoms with Gasteiger partial charge in [0.2, 0.25) is 5.95 Å². The van der Waals surface area contributed by atoms with Crippen molar-refractivity contribution in [3.63, 3.8) is 0 Å². The molecule has 0 aliphatic rings. The molecule has 0 unspecified atom stereocenters. The molecular weight excluding hydrogens is 168 g/mol. The average Bonchev–Trinajstić information content (AvgIpc) is 2.11. The van der Waals surface area contributed by atoms with Gasteiger partial charge in [0.05, 0.1) is 0 Å². The highest BCUT2D eigenvalue weighted by molar-refractivity contribution is 5.76. The molecule has 70 valence electrons. The minimum Gasteiger partial charge on any atom is -0.393 e. The van der Waals surface area contributed by atoms with E-state index in [4.69, 9.17) is 11.5 Å². The number of hydrogen-bond acceptors (Lipinski definition) is 6. The van der Waals surface area contributed by atoms with Crippen molar-refractivity contribution in [2.75, 3.05) is 29.1 Å². The molecule has 0 fully saturated rings. The fraction of sp³-hybridized carbons (Fsp3) is 0.143. The summed E-state index contributed by atoms with van der Waals surface area (Å²) in [6.45, 7) is 3.49. The lowest BCUT2D eigenvalue weighted by molar-refractivity contribution is 1.18. The Balaban J connectivity index is 3.18. The van der Waals surface area contributed by atoms with Crippen molar-refractivity contribution in [1.82, 2.24) is 9.97 Å². The topological polar surface area (TPSA) is 102 Å². The molecule has 0 aromatic carbocycles. The van der Waals surface area contributed by atoms with Crippen LogP contribution in [0.2, 0.25) is 0 Å². The standard InChI is InChI=1S/C7H12N6/c1-3-11-6-4(8)5(10-2)12-7(9)13-6/h3H,1,8H2,2H3,(H4,9,10,11,12,13). The van der Waals surface area contributed by atoms with Gasteiger partial charge >= 0.3 is 0 Å². The molecular formula is C7H12N6. The number of hydrogen-bond donors (Lipinski definition) is 4. The zero-order chi connectivity index (χ0) is 9.84. The second kappa shape index (κ2) is 3.61. The Morgan fingerprint density at radius 2 is 1.92 bits per heavy atom. The van der Waals surface area contributed by atoms with Gasteiger partial charge in [0.1, 0.15) is 5.69 Å². The largest absolute Gasteiger partial charge is 0.393 e. The number of nitrogens with one attached hydrogen (secondary N) is 2. The van der Waals surface area contributed by atoms with E-state index in [1.165, 1.54) is 6.20 Å². The van der Waals surface area contributed by atoms with Crippen LogP contribution in [0.1, 0.15) is 0 Å². The van der Waals surface area contributed by atoms with Crippen molar-refractivity contribution in [3.05, 3.63) is 12.8 Å². The number of nitrogen functional groups attached to an aromatic ring is 2. The monoisotopic (exact) mass is 180 g/mol. The molecule has 1 aromatic rings. The first kappa shape index (κ1) is 9.11. The summed E-state index contributed by atoms with van der Waals surface area (Å²) in [6, 6.07) is 0. The Hall–Kier alpha value is -1.98. The molecule has 13 heavy (non-hydrogen) atoms. The van der Waals surface area contributed by atoms with Gasteiger partial charge in [-0.05, 0) is 6.20 Å². The lowest BCUT2D eigenvalue weighted by Crippen LogP contribution is -2.07. The highest BCUT2D eigenvalue weighted by atomic mass is 15.1. The lowest BCUT2D eigenvalue weighted by atomic mass is 10.4. The molecule has 1 rings (SSSR count). The molecule has 0 saturated carbocycles. The van der Waals surface area contributed by atoms with Crippen LogP contribution < -0.4 is 22.1 Å². The first-order chi connectivity index (χ1) is 6.19. The molecule has 0 bridgehead atoms. The Labute approximate surface area is 76.1 Å². The highest BCUT2D eigenvalue weighted by Gasteiger charge is 2.07. The van der Waals surface area contributed by atoms with E-state index in [2.05, 4.69) is 27.2 Å². The van der Waals surface area contributed by atoms with E-state index in [1.807, 2.05) is 0 Å². The maximum Gasteiger partial charge on any atom is 0.224 e. The van der Waals surface area contributed by atoms with Crippen LogP contribution in [0, 0.1) is 0 Å². The minimum absolute atomic E-state index is 0.155.